The largest absolute Gasteiger partial charge is 0.236 e. The lowest BCUT2D eigenvalue weighted by molar-refractivity contribution is 0.224. The summed E-state index contributed by atoms with van der Waals surface area (Å²) in [6.07, 6.45) is 19.3. The van der Waals surface area contributed by atoms with Crippen molar-refractivity contribution < 1.29 is 0 Å². The molecule has 0 unspecified atom stereocenters. The highest BCUT2D eigenvalue weighted by Gasteiger charge is 2.35. The predicted octanol–water partition coefficient (Wildman–Crippen LogP) is 8.01. The quantitative estimate of drug-likeness (QED) is 0.348. The van der Waals surface area contributed by atoms with Crippen LogP contribution in [0.1, 0.15) is 108 Å². The van der Waals surface area contributed by atoms with Crippen molar-refractivity contribution in [1.82, 2.24) is 9.97 Å². The van der Waals surface area contributed by atoms with E-state index in [2.05, 4.69) is 54.2 Å². The van der Waals surface area contributed by atoms with Crippen molar-refractivity contribution in [3.05, 3.63) is 47.8 Å². The minimum absolute atomic E-state index is 0.0714. The van der Waals surface area contributed by atoms with E-state index < -0.39 is 0 Å². The molecule has 0 spiro atoms. The monoisotopic (exact) mass is 417 g/mol. The van der Waals surface area contributed by atoms with Gasteiger partial charge in [-0.05, 0) is 62.0 Å². The molecular weight excluding hydrogens is 378 g/mol. The van der Waals surface area contributed by atoms with Gasteiger partial charge in [0.15, 0.2) is 5.82 Å². The number of nitriles is 1. The highest BCUT2D eigenvalue weighted by molar-refractivity contribution is 5.55. The number of benzene rings is 1. The number of nitrogens with zero attached hydrogens (tertiary/aromatic N) is 3. The Kier molecular flexibility index (Phi) is 9.07. The molecule has 1 aliphatic carbocycles. The smallest absolute Gasteiger partial charge is 0.159 e. The van der Waals surface area contributed by atoms with Crippen molar-refractivity contribution in [3.8, 4) is 17.5 Å². The van der Waals surface area contributed by atoms with Crippen LogP contribution in [0, 0.1) is 16.7 Å². The predicted molar refractivity (Wildman–Crippen MR) is 129 cm³/mol. The highest BCUT2D eigenvalue weighted by Crippen LogP contribution is 2.45. The van der Waals surface area contributed by atoms with Gasteiger partial charge in [-0.2, -0.15) is 5.26 Å². The van der Waals surface area contributed by atoms with Crippen molar-refractivity contribution in [2.75, 3.05) is 0 Å². The number of hydrogen-bond donors (Lipinski definition) is 0. The van der Waals surface area contributed by atoms with Crippen molar-refractivity contribution in [1.29, 1.82) is 5.26 Å². The molecule has 0 bridgehead atoms. The maximum atomic E-state index is 9.73. The van der Waals surface area contributed by atoms with Crippen LogP contribution in [0.15, 0.2) is 36.7 Å². The lowest BCUT2D eigenvalue weighted by Gasteiger charge is -2.35. The number of unbranched alkanes of at least 4 members (excludes halogenated alkanes) is 5. The van der Waals surface area contributed by atoms with Crippen LogP contribution in [-0.2, 0) is 6.42 Å². The van der Waals surface area contributed by atoms with E-state index in [9.17, 15) is 5.26 Å². The third-order valence-corrected chi connectivity index (χ3v) is 7.10. The normalized spacial score (nSPS) is 21.0. The Morgan fingerprint density at radius 1 is 0.903 bits per heavy atom. The fourth-order valence-electron chi connectivity index (χ4n) is 4.91. The van der Waals surface area contributed by atoms with Crippen LogP contribution < -0.4 is 0 Å². The van der Waals surface area contributed by atoms with E-state index in [1.54, 1.807) is 0 Å². The van der Waals surface area contributed by atoms with Crippen molar-refractivity contribution in [3.63, 3.8) is 0 Å². The van der Waals surface area contributed by atoms with Gasteiger partial charge in [0, 0.05) is 18.0 Å². The first kappa shape index (κ1) is 23.5. The zero-order valence-corrected chi connectivity index (χ0v) is 19.6. The molecule has 0 saturated heterocycles. The Morgan fingerprint density at radius 3 is 2.16 bits per heavy atom. The molecule has 31 heavy (non-hydrogen) atoms. The highest BCUT2D eigenvalue weighted by atomic mass is 14.9. The van der Waals surface area contributed by atoms with E-state index in [-0.39, 0.29) is 5.41 Å². The molecule has 3 rings (SSSR count). The van der Waals surface area contributed by atoms with Crippen LogP contribution in [0.2, 0.25) is 0 Å². The third-order valence-electron chi connectivity index (χ3n) is 7.10. The maximum absolute atomic E-state index is 9.73. The lowest BCUT2D eigenvalue weighted by Crippen LogP contribution is -2.25. The van der Waals surface area contributed by atoms with Gasteiger partial charge in [0.2, 0.25) is 0 Å². The van der Waals surface area contributed by atoms with Gasteiger partial charge in [0.25, 0.3) is 0 Å². The first-order valence-corrected chi connectivity index (χ1v) is 12.5. The summed E-state index contributed by atoms with van der Waals surface area (Å²) in [5.74, 6) is 1.39. The van der Waals surface area contributed by atoms with Gasteiger partial charge in [-0.15, -0.1) is 0 Å². The molecule has 166 valence electrons. The summed E-state index contributed by atoms with van der Waals surface area (Å²) >= 11 is 0. The maximum Gasteiger partial charge on any atom is 0.159 e. The molecular formula is C28H39N3. The van der Waals surface area contributed by atoms with Crippen LogP contribution in [0.25, 0.3) is 11.4 Å². The molecule has 0 N–H and O–H groups in total. The number of rotatable bonds is 11. The first-order chi connectivity index (χ1) is 15.2. The number of aryl methyl sites for hydroxylation is 1. The molecule has 0 amide bonds. The Balaban J connectivity index is 1.53. The average molecular weight is 418 g/mol. The van der Waals surface area contributed by atoms with E-state index in [0.717, 1.165) is 49.9 Å². The van der Waals surface area contributed by atoms with E-state index in [0.29, 0.717) is 5.92 Å². The molecule has 0 atom stereocenters. The number of aromatic nitrogens is 2. The molecule has 1 heterocycles. The summed E-state index contributed by atoms with van der Waals surface area (Å²) in [4.78, 5) is 9.24. The van der Waals surface area contributed by atoms with Crippen molar-refractivity contribution in [2.45, 2.75) is 103 Å². The van der Waals surface area contributed by atoms with Gasteiger partial charge in [0.05, 0.1) is 11.5 Å². The summed E-state index contributed by atoms with van der Waals surface area (Å²) in [7, 11) is 0. The van der Waals surface area contributed by atoms with Gasteiger partial charge in [-0.3, -0.25) is 0 Å². The minimum Gasteiger partial charge on any atom is -0.236 e. The van der Waals surface area contributed by atoms with Crippen LogP contribution in [0.4, 0.5) is 0 Å². The van der Waals surface area contributed by atoms with Crippen LogP contribution >= 0.6 is 0 Å². The Labute approximate surface area is 189 Å². The van der Waals surface area contributed by atoms with Gasteiger partial charge < -0.3 is 0 Å². The van der Waals surface area contributed by atoms with Gasteiger partial charge >= 0.3 is 0 Å². The molecule has 2 aromatic rings. The lowest BCUT2D eigenvalue weighted by atomic mass is 9.67. The summed E-state index contributed by atoms with van der Waals surface area (Å²) in [6.45, 7) is 4.46. The van der Waals surface area contributed by atoms with Gasteiger partial charge in [-0.1, -0.05) is 76.6 Å². The van der Waals surface area contributed by atoms with E-state index >= 15 is 0 Å². The molecule has 0 radical (unpaired) electrons. The van der Waals surface area contributed by atoms with Crippen LogP contribution in [0.3, 0.4) is 0 Å². The Morgan fingerprint density at radius 2 is 1.55 bits per heavy atom. The zero-order valence-electron chi connectivity index (χ0n) is 19.6. The fourth-order valence-corrected chi connectivity index (χ4v) is 4.91. The molecule has 1 aromatic heterocycles. The topological polar surface area (TPSA) is 49.6 Å². The van der Waals surface area contributed by atoms with E-state index in [1.165, 1.54) is 56.1 Å². The van der Waals surface area contributed by atoms with E-state index in [4.69, 9.17) is 0 Å². The molecule has 1 fully saturated rings. The van der Waals surface area contributed by atoms with Crippen molar-refractivity contribution >= 4 is 0 Å². The fraction of sp³-hybridized carbons (Fsp3) is 0.607. The summed E-state index contributed by atoms with van der Waals surface area (Å²) in [5, 5.41) is 9.73. The minimum atomic E-state index is -0.0714. The van der Waals surface area contributed by atoms with Gasteiger partial charge in [-0.25, -0.2) is 9.97 Å². The average Bonchev–Trinajstić information content (AvgIpc) is 2.83. The standard InChI is InChI=1S/C28H39N3/c1-3-5-7-8-9-10-23-20-30-27(31-21-23)26-13-11-24(12-14-26)25-15-18-28(22-29,19-16-25)17-6-4-2/h11-14,20-21,25H,3-10,15-19H2,1-2H3/t25-,28-. The summed E-state index contributed by atoms with van der Waals surface area (Å²) < 4.78 is 0. The second-order valence-corrected chi connectivity index (χ2v) is 9.47. The SMILES string of the molecule is CCCCCCCc1cnc(-c2ccc([C@H]3CC[C@@](C#N)(CCCC)CC3)cc2)nc1. The van der Waals surface area contributed by atoms with Crippen LogP contribution in [-0.4, -0.2) is 9.97 Å². The van der Waals surface area contributed by atoms with Crippen molar-refractivity contribution in [2.24, 2.45) is 5.41 Å². The van der Waals surface area contributed by atoms with E-state index in [1.807, 2.05) is 12.4 Å². The zero-order chi connectivity index (χ0) is 21.9. The second-order valence-electron chi connectivity index (χ2n) is 9.47. The molecule has 1 aromatic carbocycles. The molecule has 0 aliphatic heterocycles. The number of hydrogen-bond acceptors (Lipinski definition) is 3. The Hall–Kier alpha value is -2.21. The Bertz CT molecular complexity index is 809. The summed E-state index contributed by atoms with van der Waals surface area (Å²) in [5.41, 5.74) is 3.65. The second kappa shape index (κ2) is 12.0. The third kappa shape index (κ3) is 6.63. The molecule has 3 nitrogen and oxygen atoms in total. The van der Waals surface area contributed by atoms with Gasteiger partial charge in [0.1, 0.15) is 0 Å². The first-order valence-electron chi connectivity index (χ1n) is 12.5. The van der Waals surface area contributed by atoms with Crippen LogP contribution in [0.5, 0.6) is 0 Å². The summed E-state index contributed by atoms with van der Waals surface area (Å²) in [6, 6.07) is 11.5. The molecule has 1 saturated carbocycles. The molecule has 1 aliphatic rings. The molecule has 3 heteroatoms.